The van der Waals surface area contributed by atoms with Gasteiger partial charge in [0.1, 0.15) is 23.6 Å². The van der Waals surface area contributed by atoms with E-state index in [1.165, 1.54) is 6.20 Å². The summed E-state index contributed by atoms with van der Waals surface area (Å²) in [6.07, 6.45) is 5.22. The summed E-state index contributed by atoms with van der Waals surface area (Å²) >= 11 is 0. The van der Waals surface area contributed by atoms with E-state index in [9.17, 15) is 4.79 Å². The Bertz CT molecular complexity index is 714. The minimum atomic E-state index is -0.547. The monoisotopic (exact) mass is 327 g/mol. The maximum atomic E-state index is 11.1. The quantitative estimate of drug-likeness (QED) is 0.896. The predicted octanol–water partition coefficient (Wildman–Crippen LogP) is 1.57. The van der Waals surface area contributed by atoms with Gasteiger partial charge in [-0.1, -0.05) is 0 Å². The van der Waals surface area contributed by atoms with Gasteiger partial charge in [0.2, 0.25) is 0 Å². The van der Waals surface area contributed by atoms with Crippen molar-refractivity contribution in [3.63, 3.8) is 0 Å². The zero-order valence-electron chi connectivity index (χ0n) is 13.7. The standard InChI is InChI=1S/C17H21N5O2/c1-12-8-16(21-11-20-12)22-6-3-13(4-7-22)10-24-14-2-5-19-15(9-14)17(18)23/h2,5,8-9,11,13H,3-4,6-7,10H2,1H3,(H2,18,23). The van der Waals surface area contributed by atoms with E-state index in [2.05, 4.69) is 19.9 Å². The second kappa shape index (κ2) is 7.25. The molecule has 0 atom stereocenters. The van der Waals surface area contributed by atoms with Crippen molar-refractivity contribution in [1.29, 1.82) is 0 Å². The summed E-state index contributed by atoms with van der Waals surface area (Å²) in [6, 6.07) is 5.34. The van der Waals surface area contributed by atoms with E-state index < -0.39 is 5.91 Å². The molecule has 1 amide bonds. The molecule has 3 rings (SSSR count). The highest BCUT2D eigenvalue weighted by molar-refractivity contribution is 5.91. The van der Waals surface area contributed by atoms with E-state index in [0.29, 0.717) is 18.3 Å². The molecular formula is C17H21N5O2. The number of nitrogens with zero attached hydrogens (tertiary/aromatic N) is 4. The van der Waals surface area contributed by atoms with Crippen molar-refractivity contribution >= 4 is 11.7 Å². The topological polar surface area (TPSA) is 94.2 Å². The number of aryl methyl sites for hydroxylation is 1. The second-order valence-corrected chi connectivity index (χ2v) is 6.00. The van der Waals surface area contributed by atoms with Crippen LogP contribution in [-0.2, 0) is 0 Å². The van der Waals surface area contributed by atoms with Gasteiger partial charge in [-0.15, -0.1) is 0 Å². The number of amides is 1. The molecule has 1 saturated heterocycles. The molecule has 24 heavy (non-hydrogen) atoms. The average molecular weight is 327 g/mol. The van der Waals surface area contributed by atoms with Crippen molar-refractivity contribution in [2.75, 3.05) is 24.6 Å². The molecule has 2 N–H and O–H groups in total. The summed E-state index contributed by atoms with van der Waals surface area (Å²) in [5.41, 5.74) is 6.43. The smallest absolute Gasteiger partial charge is 0.267 e. The Hall–Kier alpha value is -2.70. The van der Waals surface area contributed by atoms with Crippen molar-refractivity contribution in [3.8, 4) is 5.75 Å². The minimum absolute atomic E-state index is 0.224. The van der Waals surface area contributed by atoms with Crippen LogP contribution in [0, 0.1) is 12.8 Å². The molecule has 2 aromatic heterocycles. The normalized spacial score (nSPS) is 15.3. The molecule has 0 radical (unpaired) electrons. The van der Waals surface area contributed by atoms with Gasteiger partial charge in [-0.25, -0.2) is 9.97 Å². The molecule has 0 saturated carbocycles. The molecule has 0 aromatic carbocycles. The van der Waals surface area contributed by atoms with Crippen LogP contribution in [0.3, 0.4) is 0 Å². The maximum absolute atomic E-state index is 11.1. The van der Waals surface area contributed by atoms with Crippen LogP contribution in [0.15, 0.2) is 30.7 Å². The summed E-state index contributed by atoms with van der Waals surface area (Å²) in [5, 5.41) is 0. The summed E-state index contributed by atoms with van der Waals surface area (Å²) in [7, 11) is 0. The summed E-state index contributed by atoms with van der Waals surface area (Å²) < 4.78 is 5.80. The van der Waals surface area contributed by atoms with E-state index >= 15 is 0 Å². The molecule has 1 aliphatic heterocycles. The van der Waals surface area contributed by atoms with Crippen LogP contribution in [0.5, 0.6) is 5.75 Å². The number of pyridine rings is 1. The zero-order chi connectivity index (χ0) is 16.9. The van der Waals surface area contributed by atoms with Gasteiger partial charge in [0.05, 0.1) is 6.61 Å². The van der Waals surface area contributed by atoms with Crippen LogP contribution in [0.1, 0.15) is 29.0 Å². The number of piperidine rings is 1. The number of carbonyl (C=O) groups is 1. The Balaban J connectivity index is 1.51. The molecule has 0 unspecified atom stereocenters. The lowest BCUT2D eigenvalue weighted by atomic mass is 9.98. The average Bonchev–Trinajstić information content (AvgIpc) is 2.61. The van der Waals surface area contributed by atoms with Gasteiger partial charge in [0, 0.05) is 37.1 Å². The van der Waals surface area contributed by atoms with Gasteiger partial charge < -0.3 is 15.4 Å². The van der Waals surface area contributed by atoms with E-state index in [4.69, 9.17) is 10.5 Å². The van der Waals surface area contributed by atoms with Gasteiger partial charge in [-0.2, -0.15) is 0 Å². The Kier molecular flexibility index (Phi) is 4.88. The van der Waals surface area contributed by atoms with Crippen molar-refractivity contribution < 1.29 is 9.53 Å². The number of nitrogens with two attached hydrogens (primary N) is 1. The Morgan fingerprint density at radius 3 is 2.79 bits per heavy atom. The fourth-order valence-corrected chi connectivity index (χ4v) is 2.79. The number of carbonyl (C=O) groups excluding carboxylic acids is 1. The Morgan fingerprint density at radius 1 is 1.29 bits per heavy atom. The van der Waals surface area contributed by atoms with E-state index in [1.807, 2.05) is 13.0 Å². The lowest BCUT2D eigenvalue weighted by molar-refractivity contribution is 0.0995. The molecule has 7 nitrogen and oxygen atoms in total. The van der Waals surface area contributed by atoms with E-state index in [1.54, 1.807) is 18.5 Å². The SMILES string of the molecule is Cc1cc(N2CCC(COc3ccnc(C(N)=O)c3)CC2)ncn1. The van der Waals surface area contributed by atoms with Gasteiger partial charge in [-0.3, -0.25) is 9.78 Å². The lowest BCUT2D eigenvalue weighted by Crippen LogP contribution is -2.36. The fraction of sp³-hybridized carbons (Fsp3) is 0.412. The zero-order valence-corrected chi connectivity index (χ0v) is 13.7. The van der Waals surface area contributed by atoms with Crippen molar-refractivity contribution in [1.82, 2.24) is 15.0 Å². The molecule has 0 aliphatic carbocycles. The van der Waals surface area contributed by atoms with Crippen LogP contribution in [0.4, 0.5) is 5.82 Å². The predicted molar refractivity (Wildman–Crippen MR) is 90.0 cm³/mol. The highest BCUT2D eigenvalue weighted by atomic mass is 16.5. The van der Waals surface area contributed by atoms with Gasteiger partial charge in [-0.05, 0) is 31.7 Å². The van der Waals surface area contributed by atoms with Gasteiger partial charge in [0.25, 0.3) is 5.91 Å². The number of primary amides is 1. The first-order chi connectivity index (χ1) is 11.6. The molecule has 126 valence electrons. The van der Waals surface area contributed by atoms with E-state index in [-0.39, 0.29) is 5.69 Å². The number of rotatable bonds is 5. The summed E-state index contributed by atoms with van der Waals surface area (Å²) in [5.74, 6) is 1.55. The van der Waals surface area contributed by atoms with Gasteiger partial charge >= 0.3 is 0 Å². The molecule has 1 aliphatic rings. The molecule has 0 bridgehead atoms. The number of ether oxygens (including phenoxy) is 1. The molecule has 2 aromatic rings. The maximum Gasteiger partial charge on any atom is 0.267 e. The van der Waals surface area contributed by atoms with Crippen LogP contribution in [0.2, 0.25) is 0 Å². The van der Waals surface area contributed by atoms with E-state index in [0.717, 1.165) is 37.4 Å². The molecular weight excluding hydrogens is 306 g/mol. The minimum Gasteiger partial charge on any atom is -0.493 e. The van der Waals surface area contributed by atoms with Crippen LogP contribution in [-0.4, -0.2) is 40.6 Å². The third kappa shape index (κ3) is 3.98. The largest absolute Gasteiger partial charge is 0.493 e. The second-order valence-electron chi connectivity index (χ2n) is 6.00. The highest BCUT2D eigenvalue weighted by Crippen LogP contribution is 2.23. The molecule has 1 fully saturated rings. The van der Waals surface area contributed by atoms with Crippen molar-refractivity contribution in [2.24, 2.45) is 11.7 Å². The number of hydrogen-bond donors (Lipinski definition) is 1. The number of hydrogen-bond acceptors (Lipinski definition) is 6. The van der Waals surface area contributed by atoms with Crippen molar-refractivity contribution in [3.05, 3.63) is 42.1 Å². The van der Waals surface area contributed by atoms with Crippen molar-refractivity contribution in [2.45, 2.75) is 19.8 Å². The van der Waals surface area contributed by atoms with Crippen LogP contribution >= 0.6 is 0 Å². The molecule has 0 spiro atoms. The first-order valence-electron chi connectivity index (χ1n) is 8.04. The molecule has 3 heterocycles. The van der Waals surface area contributed by atoms with Crippen LogP contribution < -0.4 is 15.4 Å². The summed E-state index contributed by atoms with van der Waals surface area (Å²) in [4.78, 5) is 25.8. The summed E-state index contributed by atoms with van der Waals surface area (Å²) in [6.45, 7) is 4.50. The first-order valence-corrected chi connectivity index (χ1v) is 8.04. The van der Waals surface area contributed by atoms with Crippen LogP contribution in [0.25, 0.3) is 0 Å². The molecule has 7 heteroatoms. The Morgan fingerprint density at radius 2 is 2.08 bits per heavy atom. The highest BCUT2D eigenvalue weighted by Gasteiger charge is 2.21. The first kappa shape index (κ1) is 16.2. The fourth-order valence-electron chi connectivity index (χ4n) is 2.79. The third-order valence-corrected chi connectivity index (χ3v) is 4.20. The van der Waals surface area contributed by atoms with Gasteiger partial charge in [0.15, 0.2) is 0 Å². The number of aromatic nitrogens is 3. The lowest BCUT2D eigenvalue weighted by Gasteiger charge is -2.32. The third-order valence-electron chi connectivity index (χ3n) is 4.20. The number of anilines is 1. The Labute approximate surface area is 140 Å².